The van der Waals surface area contributed by atoms with Gasteiger partial charge in [0, 0.05) is 11.8 Å². The summed E-state index contributed by atoms with van der Waals surface area (Å²) < 4.78 is 5.46. The molecule has 3 heteroatoms. The Hall–Kier alpha value is -1.09. The third kappa shape index (κ3) is 5.12. The van der Waals surface area contributed by atoms with E-state index in [0.717, 1.165) is 30.6 Å². The molecule has 0 saturated heterocycles. The summed E-state index contributed by atoms with van der Waals surface area (Å²) in [7, 11) is 0. The van der Waals surface area contributed by atoms with Crippen LogP contribution in [-0.2, 0) is 24.9 Å². The highest BCUT2D eigenvalue weighted by Crippen LogP contribution is 2.63. The number of hydrogen-bond acceptors (Lipinski definition) is 1. The highest BCUT2D eigenvalue weighted by Gasteiger charge is 2.60. The van der Waals surface area contributed by atoms with Gasteiger partial charge in [-0.1, -0.05) is 77.9 Å². The first-order valence-electron chi connectivity index (χ1n) is 16.4. The molecule has 0 amide bonds. The predicted molar refractivity (Wildman–Crippen MR) is 154 cm³/mol. The average Bonchev–Trinajstić information content (AvgIpc) is 3.39. The van der Waals surface area contributed by atoms with Gasteiger partial charge in [0.15, 0.2) is 5.69 Å². The van der Waals surface area contributed by atoms with Gasteiger partial charge in [-0.05, 0) is 87.4 Å². The number of aliphatic hydroxyl groups is 1. The van der Waals surface area contributed by atoms with Gasteiger partial charge in [-0.15, -0.1) is 0 Å². The van der Waals surface area contributed by atoms with Crippen molar-refractivity contribution in [1.29, 1.82) is 0 Å². The number of nitrogens with zero attached hydrogens (tertiary/aromatic N) is 2. The minimum atomic E-state index is -0.103. The number of aryl methyl sites for hydroxylation is 2. The molecule has 1 aromatic heterocycles. The summed E-state index contributed by atoms with van der Waals surface area (Å²) in [6, 6.07) is 0. The molecular weight excluding hydrogens is 452 g/mol. The zero-order valence-corrected chi connectivity index (χ0v) is 24.7. The maximum Gasteiger partial charge on any atom is 0.244 e. The Labute approximate surface area is 228 Å². The molecule has 0 bridgehead atoms. The van der Waals surface area contributed by atoms with Crippen molar-refractivity contribution in [3.05, 3.63) is 29.4 Å². The molecule has 0 aliphatic heterocycles. The van der Waals surface area contributed by atoms with E-state index in [9.17, 15) is 5.11 Å². The van der Waals surface area contributed by atoms with Crippen molar-refractivity contribution in [2.75, 3.05) is 0 Å². The van der Waals surface area contributed by atoms with Gasteiger partial charge < -0.3 is 5.11 Å². The summed E-state index contributed by atoms with van der Waals surface area (Å²) in [6.07, 6.45) is 27.1. The van der Waals surface area contributed by atoms with Crippen LogP contribution in [0.15, 0.2) is 18.0 Å². The van der Waals surface area contributed by atoms with Crippen LogP contribution < -0.4 is 4.57 Å². The van der Waals surface area contributed by atoms with Crippen molar-refractivity contribution < 1.29 is 9.67 Å². The second-order valence-corrected chi connectivity index (χ2v) is 13.9. The fourth-order valence-corrected chi connectivity index (χ4v) is 9.44. The van der Waals surface area contributed by atoms with Crippen molar-refractivity contribution in [3.8, 4) is 0 Å². The van der Waals surface area contributed by atoms with Crippen LogP contribution in [0.2, 0.25) is 0 Å². The largest absolute Gasteiger partial charge is 0.393 e. The van der Waals surface area contributed by atoms with Crippen molar-refractivity contribution in [2.24, 2.45) is 23.2 Å². The van der Waals surface area contributed by atoms with Crippen molar-refractivity contribution in [2.45, 2.75) is 161 Å². The molecule has 1 aromatic rings. The number of aromatic nitrogens is 2. The maximum atomic E-state index is 10.4. The van der Waals surface area contributed by atoms with Crippen LogP contribution in [0.1, 0.15) is 142 Å². The summed E-state index contributed by atoms with van der Waals surface area (Å²) in [5.41, 5.74) is 5.71. The second kappa shape index (κ2) is 11.6. The fourth-order valence-electron chi connectivity index (χ4n) is 9.44. The van der Waals surface area contributed by atoms with Crippen LogP contribution in [-0.4, -0.2) is 15.8 Å². The number of hydrogen-bond donors (Lipinski definition) is 1. The van der Waals surface area contributed by atoms with Gasteiger partial charge in [0.1, 0.15) is 5.69 Å². The summed E-state index contributed by atoms with van der Waals surface area (Å²) in [4.78, 5) is 0. The summed E-state index contributed by atoms with van der Waals surface area (Å²) in [6.45, 7) is 12.3. The van der Waals surface area contributed by atoms with Crippen LogP contribution in [0, 0.1) is 23.2 Å². The topological polar surface area (TPSA) is 29.0 Å². The maximum absolute atomic E-state index is 10.4. The third-order valence-electron chi connectivity index (χ3n) is 11.6. The number of fused-ring (bicyclic) bond motifs is 7. The molecule has 208 valence electrons. The first-order chi connectivity index (χ1) is 17.9. The first kappa shape index (κ1) is 27.5. The molecule has 4 aliphatic rings. The second-order valence-electron chi connectivity index (χ2n) is 13.9. The molecule has 0 spiro atoms. The van der Waals surface area contributed by atoms with Gasteiger partial charge in [-0.2, -0.15) is 0 Å². The van der Waals surface area contributed by atoms with E-state index in [0.29, 0.717) is 10.8 Å². The van der Waals surface area contributed by atoms with Crippen molar-refractivity contribution >= 4 is 0 Å². The monoisotopic (exact) mass is 509 g/mol. The molecule has 5 rings (SSSR count). The smallest absolute Gasteiger partial charge is 0.244 e. The Balaban J connectivity index is 1.38. The van der Waals surface area contributed by atoms with Crippen LogP contribution in [0.5, 0.6) is 0 Å². The van der Waals surface area contributed by atoms with Crippen molar-refractivity contribution in [1.82, 2.24) is 4.57 Å². The fraction of sp³-hybridized carbons (Fsp3) is 0.853. The van der Waals surface area contributed by atoms with Gasteiger partial charge in [0.2, 0.25) is 6.33 Å². The number of unbranched alkanes of at least 4 members (excludes halogenated alkanes) is 8. The zero-order chi connectivity index (χ0) is 26.0. The Morgan fingerprint density at radius 3 is 2.32 bits per heavy atom. The first-order valence-corrected chi connectivity index (χ1v) is 16.4. The van der Waals surface area contributed by atoms with E-state index in [1.807, 2.05) is 0 Å². The van der Waals surface area contributed by atoms with E-state index in [1.165, 1.54) is 109 Å². The molecule has 4 aliphatic carbocycles. The highest BCUT2D eigenvalue weighted by molar-refractivity contribution is 5.33. The summed E-state index contributed by atoms with van der Waals surface area (Å²) in [5, 5.41) is 10.4. The third-order valence-corrected chi connectivity index (χ3v) is 11.6. The molecular formula is C34H57N2O+. The minimum absolute atomic E-state index is 0.103. The number of allylic oxidation sites excluding steroid dienone is 1. The quantitative estimate of drug-likeness (QED) is 0.172. The molecule has 2 saturated carbocycles. The minimum Gasteiger partial charge on any atom is -0.393 e. The van der Waals surface area contributed by atoms with Crippen molar-refractivity contribution in [3.63, 3.8) is 0 Å². The van der Waals surface area contributed by atoms with E-state index >= 15 is 0 Å². The summed E-state index contributed by atoms with van der Waals surface area (Å²) >= 11 is 0. The highest BCUT2D eigenvalue weighted by atomic mass is 16.3. The number of imidazole rings is 1. The molecule has 3 nitrogen and oxygen atoms in total. The lowest BCUT2D eigenvalue weighted by molar-refractivity contribution is -0.707. The van der Waals surface area contributed by atoms with Gasteiger partial charge in [-0.3, -0.25) is 0 Å². The number of rotatable bonds is 12. The molecule has 0 radical (unpaired) electrons. The average molecular weight is 510 g/mol. The van der Waals surface area contributed by atoms with Gasteiger partial charge in [0.05, 0.1) is 19.2 Å². The lowest BCUT2D eigenvalue weighted by Crippen LogP contribution is -2.53. The Bertz CT molecular complexity index is 946. The standard InChI is InChI=1S/C34H57N2O/c1-5-7-9-11-13-21-35-25-36(22-14-12-10-8-6-2)32-31(35)24-30-28-16-15-26-23-27(37)17-19-33(26,3)29(28)18-20-34(30,32)4/h15,25,27-30,37H,5-14,16-24H2,1-4H3/q+1/t27-,28+,29-,30-,33-,34-/m0/s1. The lowest BCUT2D eigenvalue weighted by atomic mass is 9.48. The Kier molecular flexibility index (Phi) is 8.59. The molecule has 1 heterocycles. The predicted octanol–water partition coefficient (Wildman–Crippen LogP) is 8.05. The van der Waals surface area contributed by atoms with Crippen LogP contribution in [0.3, 0.4) is 0 Å². The zero-order valence-electron chi connectivity index (χ0n) is 24.7. The molecule has 37 heavy (non-hydrogen) atoms. The molecule has 0 aromatic carbocycles. The molecule has 0 unspecified atom stereocenters. The molecule has 1 N–H and O–H groups in total. The van der Waals surface area contributed by atoms with E-state index < -0.39 is 0 Å². The van der Waals surface area contributed by atoms with Crippen LogP contribution >= 0.6 is 0 Å². The van der Waals surface area contributed by atoms with Gasteiger partial charge in [-0.25, -0.2) is 9.13 Å². The number of aliphatic hydroxyl groups excluding tert-OH is 1. The Morgan fingerprint density at radius 2 is 1.57 bits per heavy atom. The normalized spacial score (nSPS) is 34.5. The van der Waals surface area contributed by atoms with Gasteiger partial charge in [0.25, 0.3) is 0 Å². The van der Waals surface area contributed by atoms with Crippen LogP contribution in [0.4, 0.5) is 0 Å². The molecule has 6 atom stereocenters. The van der Waals surface area contributed by atoms with E-state index in [-0.39, 0.29) is 6.10 Å². The lowest BCUT2D eigenvalue weighted by Gasteiger charge is -2.56. The van der Waals surface area contributed by atoms with Crippen LogP contribution in [0.25, 0.3) is 0 Å². The summed E-state index contributed by atoms with van der Waals surface area (Å²) in [5.74, 6) is 2.41. The Morgan fingerprint density at radius 1 is 0.865 bits per heavy atom. The van der Waals surface area contributed by atoms with E-state index in [2.05, 4.69) is 49.2 Å². The SMILES string of the molecule is CCCCCCCn1c[n+](CCCCCCC)c2c1C[C@H]1[C@@H]3CC=C4C[C@@H](O)CC[C@]4(C)[C@H]3CC[C@]21C. The van der Waals surface area contributed by atoms with Gasteiger partial charge >= 0.3 is 0 Å². The van der Waals surface area contributed by atoms with E-state index in [4.69, 9.17) is 0 Å². The molecule has 2 fully saturated rings. The van der Waals surface area contributed by atoms with E-state index in [1.54, 1.807) is 17.0 Å².